The van der Waals surface area contributed by atoms with Gasteiger partial charge in [0.2, 0.25) is 10.8 Å². The van der Waals surface area contributed by atoms with Crippen LogP contribution in [0.15, 0.2) is 0 Å². The van der Waals surface area contributed by atoms with Gasteiger partial charge in [-0.05, 0) is 27.7 Å². The molecular weight excluding hydrogens is 256 g/mol. The van der Waals surface area contributed by atoms with E-state index in [1.807, 2.05) is 0 Å². The Morgan fingerprint density at radius 3 is 2.44 bits per heavy atom. The zero-order chi connectivity index (χ0) is 14.1. The van der Waals surface area contributed by atoms with Gasteiger partial charge in [0, 0.05) is 5.75 Å². The van der Waals surface area contributed by atoms with Gasteiger partial charge in [0.15, 0.2) is 0 Å². The summed E-state index contributed by atoms with van der Waals surface area (Å²) in [6, 6.07) is -1.53. The van der Waals surface area contributed by atoms with Crippen molar-refractivity contribution in [1.82, 2.24) is 5.32 Å². The molecule has 104 valence electrons. The lowest BCUT2D eigenvalue weighted by atomic mass is 10.1. The van der Waals surface area contributed by atoms with Crippen LogP contribution in [0.2, 0.25) is 0 Å². The minimum atomic E-state index is -1.37. The number of rotatable bonds is 4. The number of thioether (sulfide) groups is 1. The normalized spacial score (nSPS) is 30.2. The Kier molecular flexibility index (Phi) is 4.42. The van der Waals surface area contributed by atoms with Gasteiger partial charge in [0.25, 0.3) is 0 Å². The van der Waals surface area contributed by atoms with Gasteiger partial charge in [-0.1, -0.05) is 0 Å². The predicted molar refractivity (Wildman–Crippen MR) is 69.2 cm³/mol. The van der Waals surface area contributed by atoms with E-state index in [9.17, 15) is 9.59 Å². The van der Waals surface area contributed by atoms with E-state index in [0.717, 1.165) is 11.8 Å². The first-order chi connectivity index (χ1) is 8.07. The highest BCUT2D eigenvalue weighted by molar-refractivity contribution is 8.01. The predicted octanol–water partition coefficient (Wildman–Crippen LogP) is 0.161. The zero-order valence-electron chi connectivity index (χ0n) is 11.0. The van der Waals surface area contributed by atoms with E-state index < -0.39 is 28.7 Å². The van der Waals surface area contributed by atoms with E-state index in [0.29, 0.717) is 0 Å². The molecule has 7 heteroatoms. The second-order valence-corrected chi connectivity index (χ2v) is 6.53. The van der Waals surface area contributed by atoms with Crippen LogP contribution >= 0.6 is 11.8 Å². The number of nitrogens with one attached hydrogen (secondary N) is 1. The van der Waals surface area contributed by atoms with Crippen molar-refractivity contribution in [2.24, 2.45) is 5.73 Å². The van der Waals surface area contributed by atoms with Gasteiger partial charge in [-0.25, -0.2) is 0 Å². The summed E-state index contributed by atoms with van der Waals surface area (Å²) in [4.78, 5) is 23.2. The Morgan fingerprint density at radius 2 is 2.11 bits per heavy atom. The number of ether oxygens (including phenoxy) is 1. The van der Waals surface area contributed by atoms with Crippen molar-refractivity contribution in [2.75, 3.05) is 5.75 Å². The summed E-state index contributed by atoms with van der Waals surface area (Å²) in [5, 5.41) is 10.4. The molecule has 0 amide bonds. The average Bonchev–Trinajstić information content (AvgIpc) is 2.59. The molecule has 18 heavy (non-hydrogen) atoms. The van der Waals surface area contributed by atoms with Gasteiger partial charge < -0.3 is 15.6 Å². The maximum atomic E-state index is 12.2. The summed E-state index contributed by atoms with van der Waals surface area (Å²) < 4.78 is 5.75. The van der Waals surface area contributed by atoms with Gasteiger partial charge in [-0.15, -0.1) is 11.8 Å². The lowest BCUT2D eigenvalue weighted by Crippen LogP contribution is -2.59. The Balaban J connectivity index is 2.98. The topological polar surface area (TPSA) is 102 Å². The summed E-state index contributed by atoms with van der Waals surface area (Å²) in [5.41, 5.74) is 5.03. The molecule has 4 N–H and O–H groups in total. The molecule has 0 aliphatic carbocycles. The first-order valence-electron chi connectivity index (χ1n) is 5.72. The van der Waals surface area contributed by atoms with E-state index in [1.54, 1.807) is 27.7 Å². The number of aliphatic carboxylic acids is 1. The van der Waals surface area contributed by atoms with Crippen LogP contribution in [0, 0.1) is 0 Å². The standard InChI is InChI=1S/C11H20N2O4S/c1-6(12)8(14)11(17-10(2,3)4)13-7(5-18-11)9(15)16/h6-7,13H,5,12H2,1-4H3,(H,15,16)/t6-,7?,11?/m0/s1. The second-order valence-electron chi connectivity index (χ2n) is 5.33. The van der Waals surface area contributed by atoms with Gasteiger partial charge in [-0.2, -0.15) is 0 Å². The van der Waals surface area contributed by atoms with Gasteiger partial charge in [-0.3, -0.25) is 14.9 Å². The molecule has 1 rings (SSSR count). The van der Waals surface area contributed by atoms with Crippen molar-refractivity contribution in [3.05, 3.63) is 0 Å². The summed E-state index contributed by atoms with van der Waals surface area (Å²) in [6.07, 6.45) is 0. The number of carboxylic acids is 1. The van der Waals surface area contributed by atoms with Crippen LogP contribution in [-0.4, -0.2) is 45.4 Å². The molecule has 0 bridgehead atoms. The van der Waals surface area contributed by atoms with E-state index in [1.165, 1.54) is 0 Å². The highest BCUT2D eigenvalue weighted by atomic mass is 32.2. The highest BCUT2D eigenvalue weighted by Gasteiger charge is 2.51. The highest BCUT2D eigenvalue weighted by Crippen LogP contribution is 2.36. The van der Waals surface area contributed by atoms with E-state index in [-0.39, 0.29) is 11.5 Å². The fourth-order valence-electron chi connectivity index (χ4n) is 1.63. The molecule has 0 aromatic rings. The number of nitrogens with two attached hydrogens (primary N) is 1. The van der Waals surface area contributed by atoms with Gasteiger partial charge >= 0.3 is 5.97 Å². The molecule has 0 radical (unpaired) electrons. The third-order valence-corrected chi connectivity index (χ3v) is 3.61. The largest absolute Gasteiger partial charge is 0.480 e. The molecule has 3 atom stereocenters. The quantitative estimate of drug-likeness (QED) is 0.672. The lowest BCUT2D eigenvalue weighted by molar-refractivity contribution is -0.155. The van der Waals surface area contributed by atoms with Crippen molar-refractivity contribution < 1.29 is 19.4 Å². The number of carbonyl (C=O) groups excluding carboxylic acids is 1. The third kappa shape index (κ3) is 3.44. The number of carbonyl (C=O) groups is 2. The molecule has 1 heterocycles. The first kappa shape index (κ1) is 15.4. The summed E-state index contributed by atoms with van der Waals surface area (Å²) in [5.74, 6) is -1.07. The van der Waals surface area contributed by atoms with Crippen LogP contribution in [0.25, 0.3) is 0 Å². The third-order valence-electron chi connectivity index (χ3n) is 2.30. The lowest BCUT2D eigenvalue weighted by Gasteiger charge is -2.35. The Morgan fingerprint density at radius 1 is 1.56 bits per heavy atom. The molecule has 0 spiro atoms. The molecule has 2 unspecified atom stereocenters. The van der Waals surface area contributed by atoms with E-state index >= 15 is 0 Å². The SMILES string of the molecule is C[C@H](N)C(=O)C1(OC(C)(C)C)NC(C(=O)O)CS1. The minimum Gasteiger partial charge on any atom is -0.480 e. The molecule has 0 saturated carbocycles. The Hall–Kier alpha value is -0.630. The van der Waals surface area contributed by atoms with Crippen LogP contribution in [0.5, 0.6) is 0 Å². The number of Topliss-reactive ketones (excluding diaryl/α,β-unsaturated/α-hetero) is 1. The van der Waals surface area contributed by atoms with Crippen molar-refractivity contribution >= 4 is 23.5 Å². The van der Waals surface area contributed by atoms with Crippen molar-refractivity contribution in [1.29, 1.82) is 0 Å². The van der Waals surface area contributed by atoms with Gasteiger partial charge in [0.05, 0.1) is 11.6 Å². The van der Waals surface area contributed by atoms with Crippen molar-refractivity contribution in [3.8, 4) is 0 Å². The molecule has 1 fully saturated rings. The maximum absolute atomic E-state index is 12.2. The van der Waals surface area contributed by atoms with Crippen LogP contribution in [0.1, 0.15) is 27.7 Å². The van der Waals surface area contributed by atoms with E-state index in [4.69, 9.17) is 15.6 Å². The fourth-order valence-corrected chi connectivity index (χ4v) is 3.12. The Labute approximate surface area is 111 Å². The zero-order valence-corrected chi connectivity index (χ0v) is 11.8. The Bertz CT molecular complexity index is 353. The number of ketones is 1. The molecule has 1 aliphatic rings. The van der Waals surface area contributed by atoms with Crippen molar-refractivity contribution in [2.45, 2.75) is 50.4 Å². The smallest absolute Gasteiger partial charge is 0.321 e. The first-order valence-corrected chi connectivity index (χ1v) is 6.70. The second kappa shape index (κ2) is 5.16. The molecular formula is C11H20N2O4S. The number of hydrogen-bond donors (Lipinski definition) is 3. The average molecular weight is 276 g/mol. The van der Waals surface area contributed by atoms with Crippen molar-refractivity contribution in [3.63, 3.8) is 0 Å². The molecule has 1 saturated heterocycles. The minimum absolute atomic E-state index is 0.268. The molecule has 0 aromatic heterocycles. The van der Waals surface area contributed by atoms with Crippen LogP contribution in [-0.2, 0) is 14.3 Å². The maximum Gasteiger partial charge on any atom is 0.321 e. The summed E-state index contributed by atoms with van der Waals surface area (Å²) >= 11 is 1.15. The van der Waals surface area contributed by atoms with Crippen LogP contribution in [0.4, 0.5) is 0 Å². The monoisotopic (exact) mass is 276 g/mol. The van der Waals surface area contributed by atoms with Gasteiger partial charge in [0.1, 0.15) is 6.04 Å². The molecule has 6 nitrogen and oxygen atoms in total. The van der Waals surface area contributed by atoms with E-state index in [2.05, 4.69) is 5.32 Å². The number of carboxylic acid groups (broad SMARTS) is 1. The van der Waals surface area contributed by atoms with Crippen LogP contribution in [0.3, 0.4) is 0 Å². The molecule has 1 aliphatic heterocycles. The molecule has 0 aromatic carbocycles. The summed E-state index contributed by atoms with van der Waals surface area (Å²) in [7, 11) is 0. The number of hydrogen-bond acceptors (Lipinski definition) is 6. The summed E-state index contributed by atoms with van der Waals surface area (Å²) in [6.45, 7) is 6.98. The van der Waals surface area contributed by atoms with Crippen LogP contribution < -0.4 is 11.1 Å². The fraction of sp³-hybridized carbons (Fsp3) is 0.818.